The van der Waals surface area contributed by atoms with Crippen molar-refractivity contribution in [1.82, 2.24) is 14.2 Å². The molecule has 0 aliphatic carbocycles. The van der Waals surface area contributed by atoms with Crippen LogP contribution in [-0.4, -0.2) is 67.8 Å². The monoisotopic (exact) mass is 454 g/mol. The largest absolute Gasteiger partial charge is 0.371 e. The molecule has 170 valence electrons. The molecule has 3 heterocycles. The normalized spacial score (nSPS) is 18.9. The van der Waals surface area contributed by atoms with E-state index in [-0.39, 0.29) is 11.8 Å². The number of rotatable bonds is 5. The number of hydrogen-bond donors (Lipinski definition) is 0. The van der Waals surface area contributed by atoms with Crippen molar-refractivity contribution in [2.75, 3.05) is 44.2 Å². The molecule has 0 bridgehead atoms. The van der Waals surface area contributed by atoms with Gasteiger partial charge in [-0.2, -0.15) is 4.31 Å². The molecular weight excluding hydrogens is 424 g/mol. The minimum Gasteiger partial charge on any atom is -0.371 e. The zero-order valence-electron chi connectivity index (χ0n) is 18.4. The molecule has 0 saturated carbocycles. The average molecular weight is 455 g/mol. The molecule has 0 atom stereocenters. The summed E-state index contributed by atoms with van der Waals surface area (Å²) in [6.07, 6.45) is 6.84. The van der Waals surface area contributed by atoms with Crippen LogP contribution < -0.4 is 4.90 Å². The Morgan fingerprint density at radius 2 is 1.56 bits per heavy atom. The first kappa shape index (κ1) is 22.5. The molecule has 0 N–H and O–H groups in total. The maximum atomic E-state index is 13.0. The highest BCUT2D eigenvalue weighted by Crippen LogP contribution is 2.25. The van der Waals surface area contributed by atoms with E-state index in [0.717, 1.165) is 42.7 Å². The Kier molecular flexibility index (Phi) is 6.91. The highest BCUT2D eigenvalue weighted by Gasteiger charge is 2.32. The van der Waals surface area contributed by atoms with Gasteiger partial charge in [-0.25, -0.2) is 8.42 Å². The third kappa shape index (κ3) is 5.37. The van der Waals surface area contributed by atoms with Crippen LogP contribution in [0.25, 0.3) is 6.08 Å². The number of aromatic nitrogens is 1. The van der Waals surface area contributed by atoms with E-state index < -0.39 is 10.0 Å². The zero-order chi connectivity index (χ0) is 22.6. The van der Waals surface area contributed by atoms with E-state index in [9.17, 15) is 13.2 Å². The van der Waals surface area contributed by atoms with Crippen molar-refractivity contribution in [1.29, 1.82) is 0 Å². The number of carbonyl (C=O) groups excluding carboxylic acids is 1. The second-order valence-corrected chi connectivity index (χ2v) is 10.3. The van der Waals surface area contributed by atoms with Gasteiger partial charge in [0.05, 0.1) is 0 Å². The third-order valence-corrected chi connectivity index (χ3v) is 7.86. The van der Waals surface area contributed by atoms with Crippen molar-refractivity contribution in [3.63, 3.8) is 0 Å². The van der Waals surface area contributed by atoms with Crippen LogP contribution in [0, 0.1) is 12.8 Å². The summed E-state index contributed by atoms with van der Waals surface area (Å²) in [5.74, 6) is 0.171. The molecule has 2 aliphatic heterocycles. The van der Waals surface area contributed by atoms with E-state index in [1.54, 1.807) is 18.5 Å². The standard InChI is InChI=1S/C24H30N4O3S/c1-20-2-4-21(5-3-20)10-19-32(30,31)28-17-15-27(16-18-28)24(29)22-8-13-26(14-9-22)23-6-11-25-12-7-23/h2-7,10-12,19,22H,8-9,13-18H2,1H3/b19-10+. The number of piperazine rings is 1. The van der Waals surface area contributed by atoms with Gasteiger partial charge in [-0.1, -0.05) is 29.8 Å². The number of hydrogen-bond acceptors (Lipinski definition) is 5. The minimum atomic E-state index is -3.50. The van der Waals surface area contributed by atoms with E-state index >= 15 is 0 Å². The molecule has 8 heteroatoms. The first-order valence-corrected chi connectivity index (χ1v) is 12.6. The van der Waals surface area contributed by atoms with Crippen LogP contribution >= 0.6 is 0 Å². The van der Waals surface area contributed by atoms with Gasteiger partial charge in [0.25, 0.3) is 0 Å². The fraction of sp³-hybridized carbons (Fsp3) is 0.417. The SMILES string of the molecule is Cc1ccc(/C=C/S(=O)(=O)N2CCN(C(=O)C3CCN(c4ccncc4)CC3)CC2)cc1. The van der Waals surface area contributed by atoms with Crippen molar-refractivity contribution in [2.24, 2.45) is 5.92 Å². The number of nitrogens with zero attached hydrogens (tertiary/aromatic N) is 4. The van der Waals surface area contributed by atoms with E-state index in [2.05, 4.69) is 9.88 Å². The average Bonchev–Trinajstić information content (AvgIpc) is 2.84. The number of carbonyl (C=O) groups is 1. The summed E-state index contributed by atoms with van der Waals surface area (Å²) in [4.78, 5) is 21.2. The molecular formula is C24H30N4O3S. The molecule has 0 unspecified atom stereocenters. The number of benzene rings is 1. The molecule has 2 saturated heterocycles. The van der Waals surface area contributed by atoms with E-state index in [1.807, 2.05) is 48.2 Å². The first-order valence-electron chi connectivity index (χ1n) is 11.1. The van der Waals surface area contributed by atoms with Gasteiger partial charge in [-0.3, -0.25) is 9.78 Å². The minimum absolute atomic E-state index is 0.0117. The molecule has 7 nitrogen and oxygen atoms in total. The Balaban J connectivity index is 1.27. The van der Waals surface area contributed by atoms with E-state index in [4.69, 9.17) is 0 Å². The molecule has 1 aromatic heterocycles. The van der Waals surface area contributed by atoms with Crippen LogP contribution in [-0.2, 0) is 14.8 Å². The summed E-state index contributed by atoms with van der Waals surface area (Å²) in [5, 5.41) is 1.27. The van der Waals surface area contributed by atoms with E-state index in [1.165, 1.54) is 9.71 Å². The molecule has 0 spiro atoms. The summed E-state index contributed by atoms with van der Waals surface area (Å²) in [7, 11) is -3.50. The fourth-order valence-electron chi connectivity index (χ4n) is 4.29. The predicted molar refractivity (Wildman–Crippen MR) is 126 cm³/mol. The van der Waals surface area contributed by atoms with Crippen molar-refractivity contribution < 1.29 is 13.2 Å². The third-order valence-electron chi connectivity index (χ3n) is 6.29. The lowest BCUT2D eigenvalue weighted by molar-refractivity contribution is -0.137. The number of aryl methyl sites for hydroxylation is 1. The number of pyridine rings is 1. The van der Waals surface area contributed by atoms with Crippen LogP contribution in [0.4, 0.5) is 5.69 Å². The second kappa shape index (κ2) is 9.83. The molecule has 32 heavy (non-hydrogen) atoms. The molecule has 1 amide bonds. The van der Waals surface area contributed by atoms with E-state index in [0.29, 0.717) is 26.2 Å². The highest BCUT2D eigenvalue weighted by molar-refractivity contribution is 7.92. The molecule has 2 aromatic rings. The van der Waals surface area contributed by atoms with Gasteiger partial charge in [0.15, 0.2) is 0 Å². The molecule has 2 aliphatic rings. The van der Waals surface area contributed by atoms with Crippen molar-refractivity contribution in [3.8, 4) is 0 Å². The lowest BCUT2D eigenvalue weighted by Gasteiger charge is -2.38. The summed E-state index contributed by atoms with van der Waals surface area (Å²) in [6.45, 7) is 5.25. The number of anilines is 1. The smallest absolute Gasteiger partial charge is 0.236 e. The lowest BCUT2D eigenvalue weighted by Crippen LogP contribution is -2.52. The predicted octanol–water partition coefficient (Wildman–Crippen LogP) is 2.75. The van der Waals surface area contributed by atoms with Crippen LogP contribution in [0.1, 0.15) is 24.0 Å². The van der Waals surface area contributed by atoms with Crippen molar-refractivity contribution in [2.45, 2.75) is 19.8 Å². The maximum absolute atomic E-state index is 13.0. The fourth-order valence-corrected chi connectivity index (χ4v) is 5.46. The summed E-state index contributed by atoms with van der Waals surface area (Å²) in [5.41, 5.74) is 3.13. The molecule has 0 radical (unpaired) electrons. The molecule has 4 rings (SSSR count). The molecule has 1 aromatic carbocycles. The Morgan fingerprint density at radius 1 is 0.938 bits per heavy atom. The van der Waals surface area contributed by atoms with Gasteiger partial charge in [0.2, 0.25) is 15.9 Å². The van der Waals surface area contributed by atoms with Gasteiger partial charge in [-0.15, -0.1) is 0 Å². The van der Waals surface area contributed by atoms with Gasteiger partial charge in [-0.05, 0) is 43.5 Å². The van der Waals surface area contributed by atoms with Crippen molar-refractivity contribution >= 4 is 27.7 Å². The van der Waals surface area contributed by atoms with Gasteiger partial charge >= 0.3 is 0 Å². The number of amides is 1. The van der Waals surface area contributed by atoms with Crippen LogP contribution in [0.2, 0.25) is 0 Å². The first-order chi connectivity index (χ1) is 15.4. The summed E-state index contributed by atoms with van der Waals surface area (Å²) < 4.78 is 26.9. The van der Waals surface area contributed by atoms with Crippen LogP contribution in [0.5, 0.6) is 0 Å². The topological polar surface area (TPSA) is 73.8 Å². The van der Waals surface area contributed by atoms with Crippen LogP contribution in [0.15, 0.2) is 54.2 Å². The lowest BCUT2D eigenvalue weighted by atomic mass is 9.94. The quantitative estimate of drug-likeness (QED) is 0.695. The summed E-state index contributed by atoms with van der Waals surface area (Å²) in [6, 6.07) is 11.7. The highest BCUT2D eigenvalue weighted by atomic mass is 32.2. The summed E-state index contributed by atoms with van der Waals surface area (Å²) >= 11 is 0. The van der Waals surface area contributed by atoms with Gasteiger partial charge in [0, 0.05) is 68.7 Å². The van der Waals surface area contributed by atoms with Gasteiger partial charge in [0.1, 0.15) is 0 Å². The Hall–Kier alpha value is -2.71. The van der Waals surface area contributed by atoms with Gasteiger partial charge < -0.3 is 9.80 Å². The Labute approximate surface area is 190 Å². The number of sulfonamides is 1. The molecule has 2 fully saturated rings. The Bertz CT molecular complexity index is 1040. The Morgan fingerprint density at radius 3 is 2.19 bits per heavy atom. The maximum Gasteiger partial charge on any atom is 0.236 e. The number of piperidine rings is 1. The van der Waals surface area contributed by atoms with Crippen molar-refractivity contribution in [3.05, 3.63) is 65.3 Å². The zero-order valence-corrected chi connectivity index (χ0v) is 19.2. The van der Waals surface area contributed by atoms with Crippen LogP contribution in [0.3, 0.4) is 0 Å². The second-order valence-electron chi connectivity index (χ2n) is 8.45.